The number of rotatable bonds is 4. The van der Waals surface area contributed by atoms with Gasteiger partial charge in [0, 0.05) is 6.20 Å². The smallest absolute Gasteiger partial charge is 0.184 e. The molecule has 3 aromatic heterocycles. The fraction of sp³-hybridized carbons (Fsp3) is 0.167. The van der Waals surface area contributed by atoms with Crippen LogP contribution in [0.4, 0.5) is 0 Å². The molecule has 130 valence electrons. The molecule has 4 aromatic rings. The van der Waals surface area contributed by atoms with Crippen LogP contribution >= 0.6 is 11.6 Å². The monoisotopic (exact) mass is 365 g/mol. The summed E-state index contributed by atoms with van der Waals surface area (Å²) < 4.78 is 3.45. The van der Waals surface area contributed by atoms with Crippen LogP contribution < -0.4 is 5.49 Å². The van der Waals surface area contributed by atoms with Crippen molar-refractivity contribution in [2.45, 2.75) is 19.5 Å². The Morgan fingerprint density at radius 3 is 2.65 bits per heavy atom. The normalized spacial score (nSPS) is 12.4. The van der Waals surface area contributed by atoms with E-state index in [2.05, 4.69) is 20.3 Å². The summed E-state index contributed by atoms with van der Waals surface area (Å²) in [6.07, 6.45) is 3.36. The molecule has 1 unspecified atom stereocenters. The minimum absolute atomic E-state index is 0.0220. The van der Waals surface area contributed by atoms with Gasteiger partial charge in [0.05, 0.1) is 18.9 Å². The zero-order valence-electron chi connectivity index (χ0n) is 14.0. The molecule has 1 N–H and O–H groups in total. The van der Waals surface area contributed by atoms with Gasteiger partial charge < -0.3 is 4.57 Å². The molecule has 0 amide bonds. The zero-order valence-corrected chi connectivity index (χ0v) is 14.8. The molecule has 0 fully saturated rings. The lowest BCUT2D eigenvalue weighted by molar-refractivity contribution is 0.592. The maximum atomic E-state index is 8.52. The van der Waals surface area contributed by atoms with Gasteiger partial charge in [0.2, 0.25) is 0 Å². The summed E-state index contributed by atoms with van der Waals surface area (Å²) in [5.74, 6) is 0. The van der Waals surface area contributed by atoms with Gasteiger partial charge in [0.25, 0.3) is 0 Å². The molecule has 0 radical (unpaired) electrons. The van der Waals surface area contributed by atoms with E-state index in [1.165, 1.54) is 0 Å². The highest BCUT2D eigenvalue weighted by Gasteiger charge is 2.14. The largest absolute Gasteiger partial charge is 0.308 e. The van der Waals surface area contributed by atoms with Gasteiger partial charge in [-0.1, -0.05) is 53.2 Å². The van der Waals surface area contributed by atoms with Crippen LogP contribution in [-0.2, 0) is 6.54 Å². The number of hydrogen-bond acceptors (Lipinski definition) is 5. The van der Waals surface area contributed by atoms with Crippen molar-refractivity contribution in [3.8, 4) is 0 Å². The Bertz CT molecular complexity index is 1100. The van der Waals surface area contributed by atoms with Gasteiger partial charge >= 0.3 is 0 Å². The van der Waals surface area contributed by atoms with Crippen molar-refractivity contribution in [1.82, 2.24) is 29.5 Å². The second kappa shape index (κ2) is 6.68. The number of nitrogens with zero attached hydrogens (tertiary/aromatic N) is 6. The highest BCUT2D eigenvalue weighted by Crippen LogP contribution is 2.16. The Labute approximate surface area is 154 Å². The van der Waals surface area contributed by atoms with Crippen LogP contribution in [0.25, 0.3) is 11.2 Å². The SMILES string of the molecule is CC(c1ccccc1)n1cnc2c(nnn2Cc2ccc(Cl)nc2)c1=N. The van der Waals surface area contributed by atoms with E-state index >= 15 is 0 Å². The average molecular weight is 366 g/mol. The number of fused-ring (bicyclic) bond motifs is 1. The third-order valence-electron chi connectivity index (χ3n) is 4.32. The van der Waals surface area contributed by atoms with Gasteiger partial charge in [-0.05, 0) is 24.1 Å². The van der Waals surface area contributed by atoms with Crippen molar-refractivity contribution >= 4 is 22.8 Å². The van der Waals surface area contributed by atoms with Gasteiger partial charge in [0.15, 0.2) is 16.7 Å². The zero-order chi connectivity index (χ0) is 18.1. The molecule has 4 rings (SSSR count). The lowest BCUT2D eigenvalue weighted by Gasteiger charge is -2.16. The van der Waals surface area contributed by atoms with Crippen LogP contribution in [0.5, 0.6) is 0 Å². The van der Waals surface area contributed by atoms with Crippen LogP contribution in [0.3, 0.4) is 0 Å². The first kappa shape index (κ1) is 16.4. The molecule has 1 aromatic carbocycles. The predicted octanol–water partition coefficient (Wildman–Crippen LogP) is 2.81. The third-order valence-corrected chi connectivity index (χ3v) is 4.54. The number of benzene rings is 1. The summed E-state index contributed by atoms with van der Waals surface area (Å²) in [4.78, 5) is 8.57. The first-order valence-electron chi connectivity index (χ1n) is 8.14. The molecule has 0 aliphatic heterocycles. The maximum Gasteiger partial charge on any atom is 0.184 e. The van der Waals surface area contributed by atoms with Crippen LogP contribution in [0.2, 0.25) is 5.15 Å². The molecule has 1 atom stereocenters. The minimum atomic E-state index is -0.0220. The summed E-state index contributed by atoms with van der Waals surface area (Å²) in [7, 11) is 0. The maximum absolute atomic E-state index is 8.52. The molecule has 0 saturated heterocycles. The first-order valence-corrected chi connectivity index (χ1v) is 8.51. The van der Waals surface area contributed by atoms with Crippen LogP contribution in [0.15, 0.2) is 55.0 Å². The van der Waals surface area contributed by atoms with Crippen molar-refractivity contribution in [3.63, 3.8) is 0 Å². The van der Waals surface area contributed by atoms with Crippen molar-refractivity contribution in [1.29, 1.82) is 5.41 Å². The Balaban J connectivity index is 1.71. The Kier molecular flexibility index (Phi) is 4.22. The van der Waals surface area contributed by atoms with E-state index in [1.54, 1.807) is 27.8 Å². The molecule has 0 aliphatic rings. The molecular formula is C18H16ClN7. The quantitative estimate of drug-likeness (QED) is 0.563. The van der Waals surface area contributed by atoms with Crippen molar-refractivity contribution in [2.24, 2.45) is 0 Å². The summed E-state index contributed by atoms with van der Waals surface area (Å²) in [5.41, 5.74) is 3.36. The molecule has 0 aliphatic carbocycles. The van der Waals surface area contributed by atoms with E-state index in [1.807, 2.05) is 43.3 Å². The van der Waals surface area contributed by atoms with Gasteiger partial charge in [-0.3, -0.25) is 5.41 Å². The van der Waals surface area contributed by atoms with Crippen molar-refractivity contribution < 1.29 is 0 Å². The molecule has 0 saturated carbocycles. The second-order valence-electron chi connectivity index (χ2n) is 6.00. The average Bonchev–Trinajstić information content (AvgIpc) is 3.08. The Hall–Kier alpha value is -3.06. The molecular weight excluding hydrogens is 350 g/mol. The lowest BCUT2D eigenvalue weighted by Crippen LogP contribution is -2.25. The Morgan fingerprint density at radius 1 is 1.12 bits per heavy atom. The highest BCUT2D eigenvalue weighted by molar-refractivity contribution is 6.29. The third kappa shape index (κ3) is 2.97. The Morgan fingerprint density at radius 2 is 1.92 bits per heavy atom. The predicted molar refractivity (Wildman–Crippen MR) is 97.8 cm³/mol. The van der Waals surface area contributed by atoms with Crippen LogP contribution in [0, 0.1) is 5.41 Å². The number of aromatic nitrogens is 6. The van der Waals surface area contributed by atoms with E-state index in [0.717, 1.165) is 11.1 Å². The van der Waals surface area contributed by atoms with E-state index in [4.69, 9.17) is 17.0 Å². The number of halogens is 1. The second-order valence-corrected chi connectivity index (χ2v) is 6.38. The van der Waals surface area contributed by atoms with Gasteiger partial charge in [-0.25, -0.2) is 14.6 Å². The van der Waals surface area contributed by atoms with Gasteiger partial charge in [-0.15, -0.1) is 5.10 Å². The standard InChI is InChI=1S/C18H16ClN7/c1-12(14-5-3-2-4-6-14)25-11-22-18-16(17(25)20)23-24-26(18)10-13-7-8-15(19)21-9-13/h2-9,11-12,20H,10H2,1H3. The van der Waals surface area contributed by atoms with Gasteiger partial charge in [0.1, 0.15) is 5.15 Å². The van der Waals surface area contributed by atoms with E-state index in [-0.39, 0.29) is 11.5 Å². The lowest BCUT2D eigenvalue weighted by atomic mass is 10.1. The fourth-order valence-corrected chi connectivity index (χ4v) is 2.96. The number of pyridine rings is 1. The molecule has 26 heavy (non-hydrogen) atoms. The molecule has 8 heteroatoms. The number of nitrogens with one attached hydrogen (secondary N) is 1. The highest BCUT2D eigenvalue weighted by atomic mass is 35.5. The molecule has 3 heterocycles. The van der Waals surface area contributed by atoms with Crippen molar-refractivity contribution in [3.05, 3.63) is 76.8 Å². The summed E-state index contributed by atoms with van der Waals surface area (Å²) in [6.45, 7) is 2.50. The summed E-state index contributed by atoms with van der Waals surface area (Å²) in [5, 5.41) is 17.3. The minimum Gasteiger partial charge on any atom is -0.308 e. The van der Waals surface area contributed by atoms with E-state index in [9.17, 15) is 0 Å². The fourth-order valence-electron chi connectivity index (χ4n) is 2.85. The van der Waals surface area contributed by atoms with Crippen LogP contribution in [0.1, 0.15) is 24.1 Å². The topological polar surface area (TPSA) is 85.3 Å². The summed E-state index contributed by atoms with van der Waals surface area (Å²) in [6, 6.07) is 13.6. The number of hydrogen-bond donors (Lipinski definition) is 1. The van der Waals surface area contributed by atoms with E-state index in [0.29, 0.717) is 22.9 Å². The van der Waals surface area contributed by atoms with Gasteiger partial charge in [-0.2, -0.15) is 0 Å². The molecule has 0 bridgehead atoms. The van der Waals surface area contributed by atoms with Crippen LogP contribution in [-0.4, -0.2) is 29.5 Å². The van der Waals surface area contributed by atoms with Crippen molar-refractivity contribution in [2.75, 3.05) is 0 Å². The first-order chi connectivity index (χ1) is 12.6. The van der Waals surface area contributed by atoms with E-state index < -0.39 is 0 Å². The molecule has 0 spiro atoms. The summed E-state index contributed by atoms with van der Waals surface area (Å²) >= 11 is 5.82. The molecule has 7 nitrogen and oxygen atoms in total.